The average molecular weight is 386 g/mol. The standard InChI is InChI=1S/C23H30O5/c1-14-12-26-21-20-15(2)19(25-13-16-5-7-17(24-4)8-6-16)11-18(20)22(3)9-10-23(14,21)28-27-22/h5-10,14-15,18-21H,11-13H2,1-4H3/t14-,15-,18-,19-,20+,21+,22-,23-/m0/s1. The van der Waals surface area contributed by atoms with Crippen molar-refractivity contribution in [1.82, 2.24) is 0 Å². The van der Waals surface area contributed by atoms with E-state index in [1.807, 2.05) is 12.1 Å². The van der Waals surface area contributed by atoms with Crippen LogP contribution >= 0.6 is 0 Å². The zero-order chi connectivity index (χ0) is 19.5. The third-order valence-electron chi connectivity index (χ3n) is 7.63. The fourth-order valence-corrected chi connectivity index (χ4v) is 5.77. The van der Waals surface area contributed by atoms with Crippen LogP contribution in [-0.4, -0.2) is 37.1 Å². The van der Waals surface area contributed by atoms with Crippen molar-refractivity contribution in [2.24, 2.45) is 23.7 Å². The number of benzene rings is 1. The van der Waals surface area contributed by atoms with E-state index in [1.54, 1.807) is 7.11 Å². The van der Waals surface area contributed by atoms with Gasteiger partial charge in [-0.05, 0) is 49.0 Å². The fourth-order valence-electron chi connectivity index (χ4n) is 5.77. The van der Waals surface area contributed by atoms with Gasteiger partial charge in [0.2, 0.25) is 0 Å². The zero-order valence-electron chi connectivity index (χ0n) is 17.1. The average Bonchev–Trinajstić information content (AvgIpc) is 3.14. The van der Waals surface area contributed by atoms with Gasteiger partial charge in [0.05, 0.1) is 32.5 Å². The number of hydrogen-bond acceptors (Lipinski definition) is 5. The van der Waals surface area contributed by atoms with E-state index in [0.717, 1.165) is 17.7 Å². The molecule has 3 aliphatic heterocycles. The smallest absolute Gasteiger partial charge is 0.153 e. The van der Waals surface area contributed by atoms with Gasteiger partial charge < -0.3 is 14.2 Å². The Hall–Kier alpha value is -1.40. The van der Waals surface area contributed by atoms with E-state index in [2.05, 4.69) is 45.1 Å². The Morgan fingerprint density at radius 1 is 1.11 bits per heavy atom. The quantitative estimate of drug-likeness (QED) is 0.580. The summed E-state index contributed by atoms with van der Waals surface area (Å²) in [4.78, 5) is 12.1. The van der Waals surface area contributed by atoms with Crippen LogP contribution in [0.25, 0.3) is 0 Å². The summed E-state index contributed by atoms with van der Waals surface area (Å²) in [6.07, 6.45) is 5.60. The molecule has 0 N–H and O–H groups in total. The lowest BCUT2D eigenvalue weighted by atomic mass is 9.74. The van der Waals surface area contributed by atoms with E-state index in [4.69, 9.17) is 24.0 Å². The normalized spacial score (nSPS) is 46.3. The van der Waals surface area contributed by atoms with Gasteiger partial charge in [0.25, 0.3) is 0 Å². The molecule has 3 heterocycles. The van der Waals surface area contributed by atoms with E-state index < -0.39 is 11.2 Å². The molecule has 0 amide bonds. The molecule has 3 fully saturated rings. The third-order valence-corrected chi connectivity index (χ3v) is 7.63. The molecule has 5 heteroatoms. The monoisotopic (exact) mass is 386 g/mol. The first-order chi connectivity index (χ1) is 13.5. The number of ether oxygens (including phenoxy) is 3. The van der Waals surface area contributed by atoms with Gasteiger partial charge in [-0.15, -0.1) is 0 Å². The maximum atomic E-state index is 6.42. The third kappa shape index (κ3) is 2.60. The molecule has 1 saturated carbocycles. The number of rotatable bonds is 4. The second-order valence-corrected chi connectivity index (χ2v) is 9.17. The van der Waals surface area contributed by atoms with E-state index in [1.165, 1.54) is 0 Å². The van der Waals surface area contributed by atoms with Crippen LogP contribution < -0.4 is 4.74 Å². The van der Waals surface area contributed by atoms with Gasteiger partial charge in [-0.2, -0.15) is 0 Å². The predicted molar refractivity (Wildman–Crippen MR) is 104 cm³/mol. The van der Waals surface area contributed by atoms with Gasteiger partial charge in [0, 0.05) is 11.8 Å². The number of hydrogen-bond donors (Lipinski definition) is 0. The molecule has 1 aromatic rings. The maximum Gasteiger partial charge on any atom is 0.153 e. The van der Waals surface area contributed by atoms with E-state index in [0.29, 0.717) is 31.0 Å². The van der Waals surface area contributed by atoms with Crippen LogP contribution in [0, 0.1) is 23.7 Å². The maximum absolute atomic E-state index is 6.42. The Bertz CT molecular complexity index is 761. The topological polar surface area (TPSA) is 46.2 Å². The molecule has 1 aromatic carbocycles. The molecule has 2 saturated heterocycles. The van der Waals surface area contributed by atoms with Gasteiger partial charge in [-0.3, -0.25) is 0 Å². The molecule has 0 radical (unpaired) electrons. The van der Waals surface area contributed by atoms with Crippen molar-refractivity contribution in [3.05, 3.63) is 42.0 Å². The number of fused-ring (bicyclic) bond motifs is 1. The molecule has 152 valence electrons. The van der Waals surface area contributed by atoms with Gasteiger partial charge in [0.1, 0.15) is 11.4 Å². The summed E-state index contributed by atoms with van der Waals surface area (Å²) in [7, 11) is 1.68. The minimum atomic E-state index is -0.460. The highest BCUT2D eigenvalue weighted by atomic mass is 17.2. The van der Waals surface area contributed by atoms with E-state index in [9.17, 15) is 0 Å². The van der Waals surface area contributed by atoms with Crippen LogP contribution in [0.5, 0.6) is 5.75 Å². The molecule has 1 spiro atoms. The van der Waals surface area contributed by atoms with Crippen LogP contribution in [-0.2, 0) is 25.9 Å². The Labute approximate surface area is 166 Å². The van der Waals surface area contributed by atoms with Crippen LogP contribution in [0.3, 0.4) is 0 Å². The van der Waals surface area contributed by atoms with Crippen LogP contribution in [0.1, 0.15) is 32.8 Å². The molecule has 6 rings (SSSR count). The summed E-state index contributed by atoms with van der Waals surface area (Å²) < 4.78 is 18.0. The highest BCUT2D eigenvalue weighted by molar-refractivity contribution is 5.28. The molecule has 2 bridgehead atoms. The van der Waals surface area contributed by atoms with Crippen LogP contribution in [0.2, 0.25) is 0 Å². The first-order valence-electron chi connectivity index (χ1n) is 10.4. The van der Waals surface area contributed by atoms with Crippen molar-refractivity contribution in [3.63, 3.8) is 0 Å². The summed E-state index contributed by atoms with van der Waals surface area (Å²) in [6, 6.07) is 8.09. The first kappa shape index (κ1) is 18.6. The minimum Gasteiger partial charge on any atom is -0.497 e. The van der Waals surface area contributed by atoms with Crippen molar-refractivity contribution < 1.29 is 24.0 Å². The largest absolute Gasteiger partial charge is 0.497 e. The van der Waals surface area contributed by atoms with Gasteiger partial charge in [-0.1, -0.05) is 32.1 Å². The van der Waals surface area contributed by atoms with E-state index in [-0.39, 0.29) is 18.1 Å². The zero-order valence-corrected chi connectivity index (χ0v) is 17.1. The van der Waals surface area contributed by atoms with Crippen molar-refractivity contribution in [2.75, 3.05) is 13.7 Å². The van der Waals surface area contributed by atoms with E-state index >= 15 is 0 Å². The SMILES string of the molecule is COc1ccc(CO[C@H]2C[C@H]3[C@@H]([C@H]2C)[C@H]2OC[C@H](C)[C@@]24C=C[C@]3(C)OO4)cc1. The molecule has 0 unspecified atom stereocenters. The van der Waals surface area contributed by atoms with Gasteiger partial charge in [-0.25, -0.2) is 9.78 Å². The lowest BCUT2D eigenvalue weighted by Gasteiger charge is -2.38. The van der Waals surface area contributed by atoms with Crippen molar-refractivity contribution in [1.29, 1.82) is 0 Å². The fraction of sp³-hybridized carbons (Fsp3) is 0.652. The second kappa shape index (κ2) is 6.56. The Morgan fingerprint density at radius 3 is 2.57 bits per heavy atom. The van der Waals surface area contributed by atoms with Gasteiger partial charge in [0.15, 0.2) is 5.60 Å². The summed E-state index contributed by atoms with van der Waals surface area (Å²) >= 11 is 0. The molecule has 28 heavy (non-hydrogen) atoms. The van der Waals surface area contributed by atoms with Crippen molar-refractivity contribution in [2.45, 2.75) is 57.2 Å². The Balaban J connectivity index is 1.37. The molecular weight excluding hydrogens is 356 g/mol. The Morgan fingerprint density at radius 2 is 1.89 bits per heavy atom. The molecule has 2 aliphatic carbocycles. The van der Waals surface area contributed by atoms with Crippen LogP contribution in [0.4, 0.5) is 0 Å². The number of methoxy groups -OCH3 is 1. The highest BCUT2D eigenvalue weighted by Crippen LogP contribution is 2.58. The lowest BCUT2D eigenvalue weighted by Crippen LogP contribution is -2.48. The summed E-state index contributed by atoms with van der Waals surface area (Å²) in [5, 5.41) is 0. The first-order valence-corrected chi connectivity index (χ1v) is 10.4. The Kier molecular flexibility index (Phi) is 4.36. The molecular formula is C23H30O5. The summed E-state index contributed by atoms with van der Waals surface area (Å²) in [5.41, 5.74) is 0.281. The molecule has 5 nitrogen and oxygen atoms in total. The summed E-state index contributed by atoms with van der Waals surface area (Å²) in [6.45, 7) is 7.95. The molecule has 5 aliphatic rings. The highest BCUT2D eigenvalue weighted by Gasteiger charge is 2.66. The molecule has 0 aromatic heterocycles. The van der Waals surface area contributed by atoms with Crippen LogP contribution in [0.15, 0.2) is 36.4 Å². The van der Waals surface area contributed by atoms with Crippen molar-refractivity contribution >= 4 is 0 Å². The lowest BCUT2D eigenvalue weighted by molar-refractivity contribution is -0.405. The molecule has 8 atom stereocenters. The van der Waals surface area contributed by atoms with Crippen molar-refractivity contribution in [3.8, 4) is 5.75 Å². The summed E-state index contributed by atoms with van der Waals surface area (Å²) in [5.74, 6) is 2.20. The second-order valence-electron chi connectivity index (χ2n) is 9.17. The minimum absolute atomic E-state index is 0.0256. The predicted octanol–water partition coefficient (Wildman–Crippen LogP) is 3.92. The van der Waals surface area contributed by atoms with Gasteiger partial charge >= 0.3 is 0 Å².